The molecule has 0 saturated carbocycles. The number of morpholine rings is 1. The van der Waals surface area contributed by atoms with Crippen LogP contribution in [-0.4, -0.2) is 38.0 Å². The minimum Gasteiger partial charge on any atom is -0.494 e. The largest absolute Gasteiger partial charge is 0.494 e. The summed E-state index contributed by atoms with van der Waals surface area (Å²) in [6.45, 7) is 2.06. The van der Waals surface area contributed by atoms with Gasteiger partial charge >= 0.3 is 0 Å². The number of aliphatic hydroxyl groups excluding tert-OH is 1. The molecule has 0 amide bonds. The summed E-state index contributed by atoms with van der Waals surface area (Å²) in [5.41, 5.74) is 0.556. The van der Waals surface area contributed by atoms with Gasteiger partial charge in [-0.15, -0.1) is 0 Å². The summed E-state index contributed by atoms with van der Waals surface area (Å²) >= 11 is 0. The third-order valence-electron chi connectivity index (χ3n) is 3.07. The lowest BCUT2D eigenvalue weighted by atomic mass is 10.0. The zero-order valence-electron chi connectivity index (χ0n) is 10.4. The van der Waals surface area contributed by atoms with Crippen molar-refractivity contribution in [3.63, 3.8) is 0 Å². The van der Waals surface area contributed by atoms with E-state index in [2.05, 4.69) is 5.32 Å². The van der Waals surface area contributed by atoms with Gasteiger partial charge in [0.05, 0.1) is 26.4 Å². The normalized spacial score (nSPS) is 21.6. The number of hydrogen-bond acceptors (Lipinski definition) is 4. The summed E-state index contributed by atoms with van der Waals surface area (Å²) in [4.78, 5) is 0. The highest BCUT2D eigenvalue weighted by Crippen LogP contribution is 2.24. The number of halogens is 1. The van der Waals surface area contributed by atoms with Gasteiger partial charge in [0, 0.05) is 12.6 Å². The zero-order valence-corrected chi connectivity index (χ0v) is 10.4. The molecule has 0 bridgehead atoms. The molecule has 2 unspecified atom stereocenters. The van der Waals surface area contributed by atoms with Crippen molar-refractivity contribution in [2.24, 2.45) is 0 Å². The molecule has 2 rings (SSSR count). The Bertz CT molecular complexity index is 394. The fourth-order valence-corrected chi connectivity index (χ4v) is 2.07. The quantitative estimate of drug-likeness (QED) is 0.850. The van der Waals surface area contributed by atoms with Gasteiger partial charge in [0.15, 0.2) is 11.6 Å². The summed E-state index contributed by atoms with van der Waals surface area (Å²) in [5, 5.41) is 13.3. The van der Waals surface area contributed by atoms with E-state index in [0.29, 0.717) is 25.2 Å². The highest BCUT2D eigenvalue weighted by molar-refractivity contribution is 5.30. The monoisotopic (exact) mass is 255 g/mol. The van der Waals surface area contributed by atoms with Crippen LogP contribution in [0, 0.1) is 5.82 Å². The summed E-state index contributed by atoms with van der Waals surface area (Å²) in [6, 6.07) is 4.63. The molecule has 0 radical (unpaired) electrons. The van der Waals surface area contributed by atoms with Crippen molar-refractivity contribution in [3.8, 4) is 5.75 Å². The topological polar surface area (TPSA) is 50.7 Å². The first-order chi connectivity index (χ1) is 8.70. The second-order valence-corrected chi connectivity index (χ2v) is 4.37. The lowest BCUT2D eigenvalue weighted by Gasteiger charge is -2.26. The summed E-state index contributed by atoms with van der Waals surface area (Å²) in [7, 11) is 1.41. The van der Waals surface area contributed by atoms with Crippen LogP contribution in [0.2, 0.25) is 0 Å². The lowest BCUT2D eigenvalue weighted by molar-refractivity contribution is 0.0518. The SMILES string of the molecule is COc1ccc(C(O)CC2COCCN2)cc1F. The first kappa shape index (κ1) is 13.3. The maximum atomic E-state index is 13.5. The van der Waals surface area contributed by atoms with Crippen LogP contribution in [0.5, 0.6) is 5.75 Å². The van der Waals surface area contributed by atoms with Crippen molar-refractivity contribution < 1.29 is 19.0 Å². The van der Waals surface area contributed by atoms with Crippen LogP contribution in [0.4, 0.5) is 4.39 Å². The Balaban J connectivity index is 1.99. The van der Waals surface area contributed by atoms with Gasteiger partial charge in [-0.05, 0) is 24.1 Å². The highest BCUT2D eigenvalue weighted by atomic mass is 19.1. The van der Waals surface area contributed by atoms with Crippen molar-refractivity contribution in [1.29, 1.82) is 0 Å². The van der Waals surface area contributed by atoms with Crippen LogP contribution in [0.15, 0.2) is 18.2 Å². The third kappa shape index (κ3) is 3.19. The van der Waals surface area contributed by atoms with E-state index in [0.717, 1.165) is 6.54 Å². The smallest absolute Gasteiger partial charge is 0.165 e. The molecular weight excluding hydrogens is 237 g/mol. The first-order valence-electron chi connectivity index (χ1n) is 6.03. The Labute approximate surface area is 106 Å². The molecule has 2 N–H and O–H groups in total. The van der Waals surface area contributed by atoms with Crippen molar-refractivity contribution in [1.82, 2.24) is 5.32 Å². The maximum Gasteiger partial charge on any atom is 0.165 e. The molecule has 2 atom stereocenters. The lowest BCUT2D eigenvalue weighted by Crippen LogP contribution is -2.42. The maximum absolute atomic E-state index is 13.5. The van der Waals surface area contributed by atoms with E-state index in [-0.39, 0.29) is 11.8 Å². The molecule has 1 heterocycles. The molecule has 1 aromatic carbocycles. The molecule has 18 heavy (non-hydrogen) atoms. The predicted octanol–water partition coefficient (Wildman–Crippen LogP) is 1.25. The molecule has 0 aliphatic carbocycles. The number of rotatable bonds is 4. The fraction of sp³-hybridized carbons (Fsp3) is 0.538. The molecule has 1 aromatic rings. The zero-order chi connectivity index (χ0) is 13.0. The van der Waals surface area contributed by atoms with E-state index in [1.807, 2.05) is 0 Å². The van der Waals surface area contributed by atoms with Crippen molar-refractivity contribution >= 4 is 0 Å². The Morgan fingerprint density at radius 1 is 1.61 bits per heavy atom. The van der Waals surface area contributed by atoms with Gasteiger partial charge in [0.25, 0.3) is 0 Å². The Kier molecular flexibility index (Phi) is 4.52. The summed E-state index contributed by atoms with van der Waals surface area (Å²) < 4.78 is 23.7. The van der Waals surface area contributed by atoms with Gasteiger partial charge in [-0.25, -0.2) is 4.39 Å². The average molecular weight is 255 g/mol. The van der Waals surface area contributed by atoms with E-state index in [4.69, 9.17) is 9.47 Å². The molecule has 1 aliphatic rings. The molecule has 0 spiro atoms. The van der Waals surface area contributed by atoms with Crippen molar-refractivity contribution in [2.45, 2.75) is 18.6 Å². The minimum absolute atomic E-state index is 0.110. The van der Waals surface area contributed by atoms with E-state index in [1.165, 1.54) is 19.2 Å². The van der Waals surface area contributed by atoms with Gasteiger partial charge in [0.1, 0.15) is 0 Å². The van der Waals surface area contributed by atoms with E-state index in [1.54, 1.807) is 6.07 Å². The average Bonchev–Trinajstić information content (AvgIpc) is 2.39. The summed E-state index contributed by atoms with van der Waals surface area (Å²) in [6.07, 6.45) is -0.198. The first-order valence-corrected chi connectivity index (χ1v) is 6.03. The number of methoxy groups -OCH3 is 1. The van der Waals surface area contributed by atoms with Crippen molar-refractivity contribution in [2.75, 3.05) is 26.9 Å². The molecule has 1 aliphatic heterocycles. The molecule has 0 aromatic heterocycles. The van der Waals surface area contributed by atoms with E-state index < -0.39 is 11.9 Å². The van der Waals surface area contributed by atoms with Crippen LogP contribution in [0.3, 0.4) is 0 Å². The van der Waals surface area contributed by atoms with Crippen LogP contribution in [0.25, 0.3) is 0 Å². The minimum atomic E-state index is -0.704. The van der Waals surface area contributed by atoms with Gasteiger partial charge in [-0.3, -0.25) is 0 Å². The Morgan fingerprint density at radius 2 is 2.44 bits per heavy atom. The second kappa shape index (κ2) is 6.13. The van der Waals surface area contributed by atoms with E-state index >= 15 is 0 Å². The molecule has 5 heteroatoms. The second-order valence-electron chi connectivity index (χ2n) is 4.37. The van der Waals surface area contributed by atoms with Crippen LogP contribution < -0.4 is 10.1 Å². The molecule has 4 nitrogen and oxygen atoms in total. The third-order valence-corrected chi connectivity index (χ3v) is 3.07. The van der Waals surface area contributed by atoms with Crippen LogP contribution >= 0.6 is 0 Å². The number of nitrogens with one attached hydrogen (secondary N) is 1. The van der Waals surface area contributed by atoms with Crippen LogP contribution in [0.1, 0.15) is 18.1 Å². The number of ether oxygens (including phenoxy) is 2. The molecular formula is C13H18FNO3. The molecule has 1 saturated heterocycles. The summed E-state index contributed by atoms with van der Waals surface area (Å²) in [5.74, 6) is -0.271. The van der Waals surface area contributed by atoms with Gasteiger partial charge in [-0.2, -0.15) is 0 Å². The van der Waals surface area contributed by atoms with Crippen molar-refractivity contribution in [3.05, 3.63) is 29.6 Å². The molecule has 100 valence electrons. The Morgan fingerprint density at radius 3 is 3.06 bits per heavy atom. The predicted molar refractivity (Wildman–Crippen MR) is 65.1 cm³/mol. The van der Waals surface area contributed by atoms with E-state index in [9.17, 15) is 9.50 Å². The van der Waals surface area contributed by atoms with Gasteiger partial charge in [0.2, 0.25) is 0 Å². The van der Waals surface area contributed by atoms with Gasteiger partial charge < -0.3 is 19.9 Å². The van der Waals surface area contributed by atoms with Crippen LogP contribution in [-0.2, 0) is 4.74 Å². The fourth-order valence-electron chi connectivity index (χ4n) is 2.07. The number of aliphatic hydroxyl groups is 1. The standard InChI is InChI=1S/C13H18FNO3/c1-17-13-3-2-9(6-11(13)14)12(16)7-10-8-18-5-4-15-10/h2-3,6,10,12,15-16H,4-5,7-8H2,1H3. The Hall–Kier alpha value is -1.17. The highest BCUT2D eigenvalue weighted by Gasteiger charge is 2.19. The molecule has 1 fully saturated rings. The number of hydrogen-bond donors (Lipinski definition) is 2. The van der Waals surface area contributed by atoms with Gasteiger partial charge in [-0.1, -0.05) is 6.07 Å². The number of benzene rings is 1.